The van der Waals surface area contributed by atoms with Crippen molar-refractivity contribution in [3.8, 4) is 5.75 Å². The Balaban J connectivity index is 1.66. The molecule has 0 unspecified atom stereocenters. The third-order valence-corrected chi connectivity index (χ3v) is 4.31. The molecule has 0 aliphatic heterocycles. The van der Waals surface area contributed by atoms with E-state index in [1.54, 1.807) is 18.3 Å². The number of carbonyl (C=O) groups is 1. The minimum Gasteiger partial charge on any atom is -0.492 e. The van der Waals surface area contributed by atoms with Crippen LogP contribution in [0.4, 0.5) is 4.79 Å². The minimum atomic E-state index is -0.466. The predicted octanol–water partition coefficient (Wildman–Crippen LogP) is 1.55. The largest absolute Gasteiger partial charge is 0.492 e. The molecular formula is C16H16N4O3S. The Morgan fingerprint density at radius 2 is 2.08 bits per heavy atom. The molecule has 0 bridgehead atoms. The molecule has 0 spiro atoms. The number of benzene rings is 1. The molecule has 2 heterocycles. The molecule has 2 aromatic heterocycles. The first-order chi connectivity index (χ1) is 11.7. The van der Waals surface area contributed by atoms with Crippen LogP contribution in [0.2, 0.25) is 0 Å². The summed E-state index contributed by atoms with van der Waals surface area (Å²) in [6.07, 6.45) is 1.59. The highest BCUT2D eigenvalue weighted by molar-refractivity contribution is 7.14. The van der Waals surface area contributed by atoms with Crippen molar-refractivity contribution >= 4 is 27.8 Å². The summed E-state index contributed by atoms with van der Waals surface area (Å²) < 4.78 is 6.47. The summed E-state index contributed by atoms with van der Waals surface area (Å²) in [6, 6.07) is 10.2. The molecule has 0 saturated carbocycles. The standard InChI is InChI=1S/C16H16N4O3S/c17-7-9-23-12-5-3-11(4-6-12)10-19-16(22)20-15(21)13-2-1-8-18-14(13)24-20/h1-6,8H,7,9-10,17H2,(H,19,22). The van der Waals surface area contributed by atoms with Crippen LogP contribution in [0.15, 0.2) is 47.4 Å². The summed E-state index contributed by atoms with van der Waals surface area (Å²) in [7, 11) is 0. The van der Waals surface area contributed by atoms with E-state index >= 15 is 0 Å². The van der Waals surface area contributed by atoms with Gasteiger partial charge in [-0.25, -0.2) is 9.78 Å². The van der Waals surface area contributed by atoms with Gasteiger partial charge in [-0.1, -0.05) is 12.1 Å². The van der Waals surface area contributed by atoms with Gasteiger partial charge in [-0.05, 0) is 41.4 Å². The summed E-state index contributed by atoms with van der Waals surface area (Å²) >= 11 is 1.03. The Morgan fingerprint density at radius 3 is 2.79 bits per heavy atom. The lowest BCUT2D eigenvalue weighted by atomic mass is 10.2. The average molecular weight is 344 g/mol. The molecule has 7 nitrogen and oxygen atoms in total. The molecule has 0 aliphatic carbocycles. The van der Waals surface area contributed by atoms with Crippen LogP contribution in [-0.4, -0.2) is 28.1 Å². The number of hydrogen-bond acceptors (Lipinski definition) is 6. The van der Waals surface area contributed by atoms with Gasteiger partial charge in [0.2, 0.25) is 0 Å². The van der Waals surface area contributed by atoms with Crippen molar-refractivity contribution in [3.63, 3.8) is 0 Å². The van der Waals surface area contributed by atoms with Crippen molar-refractivity contribution < 1.29 is 9.53 Å². The number of fused-ring (bicyclic) bond motifs is 1. The van der Waals surface area contributed by atoms with Gasteiger partial charge in [0, 0.05) is 19.3 Å². The molecule has 3 N–H and O–H groups in total. The van der Waals surface area contributed by atoms with E-state index in [-0.39, 0.29) is 5.56 Å². The Kier molecular flexibility index (Phi) is 4.88. The topological polar surface area (TPSA) is 99.2 Å². The number of aromatic nitrogens is 2. The molecule has 1 amide bonds. The normalized spacial score (nSPS) is 10.7. The Hall–Kier alpha value is -2.71. The fourth-order valence-electron chi connectivity index (χ4n) is 2.13. The Morgan fingerprint density at radius 1 is 1.29 bits per heavy atom. The smallest absolute Gasteiger partial charge is 0.338 e. The molecule has 1 aromatic carbocycles. The lowest BCUT2D eigenvalue weighted by molar-refractivity contribution is 0.243. The number of hydrogen-bond donors (Lipinski definition) is 2. The van der Waals surface area contributed by atoms with Gasteiger partial charge in [-0.3, -0.25) is 4.79 Å². The number of pyridine rings is 1. The minimum absolute atomic E-state index is 0.310. The summed E-state index contributed by atoms with van der Waals surface area (Å²) in [5.41, 5.74) is 5.92. The first kappa shape index (κ1) is 16.2. The van der Waals surface area contributed by atoms with Gasteiger partial charge in [0.25, 0.3) is 5.56 Å². The van der Waals surface area contributed by atoms with Gasteiger partial charge >= 0.3 is 6.03 Å². The fourth-order valence-corrected chi connectivity index (χ4v) is 2.99. The Bertz CT molecular complexity index is 902. The van der Waals surface area contributed by atoms with Crippen molar-refractivity contribution in [2.24, 2.45) is 5.73 Å². The Labute approximate surface area is 141 Å². The van der Waals surface area contributed by atoms with Gasteiger partial charge in [0.1, 0.15) is 17.2 Å². The number of amides is 1. The highest BCUT2D eigenvalue weighted by Crippen LogP contribution is 2.13. The maximum absolute atomic E-state index is 12.2. The summed E-state index contributed by atoms with van der Waals surface area (Å²) in [5, 5.41) is 3.17. The molecule has 0 radical (unpaired) electrons. The van der Waals surface area contributed by atoms with Crippen molar-refractivity contribution in [1.29, 1.82) is 0 Å². The van der Waals surface area contributed by atoms with Crippen LogP contribution < -0.4 is 21.3 Å². The number of carbonyl (C=O) groups excluding carboxylic acids is 1. The molecule has 3 aromatic rings. The molecule has 0 fully saturated rings. The third kappa shape index (κ3) is 3.44. The highest BCUT2D eigenvalue weighted by Gasteiger charge is 2.13. The summed E-state index contributed by atoms with van der Waals surface area (Å²) in [5.74, 6) is 0.724. The van der Waals surface area contributed by atoms with E-state index in [0.29, 0.717) is 29.9 Å². The second-order valence-corrected chi connectivity index (χ2v) is 5.92. The number of nitrogens with two attached hydrogens (primary N) is 1. The second kappa shape index (κ2) is 7.24. The number of rotatable bonds is 5. The molecule has 3 rings (SSSR count). The van der Waals surface area contributed by atoms with E-state index in [0.717, 1.165) is 26.8 Å². The van der Waals surface area contributed by atoms with E-state index in [2.05, 4.69) is 10.3 Å². The third-order valence-electron chi connectivity index (χ3n) is 3.30. The zero-order valence-corrected chi connectivity index (χ0v) is 13.6. The van der Waals surface area contributed by atoms with E-state index in [9.17, 15) is 9.59 Å². The number of nitrogens with zero attached hydrogens (tertiary/aromatic N) is 2. The molecule has 0 atom stereocenters. The monoisotopic (exact) mass is 344 g/mol. The summed E-state index contributed by atoms with van der Waals surface area (Å²) in [4.78, 5) is 29.0. The quantitative estimate of drug-likeness (QED) is 0.732. The van der Waals surface area contributed by atoms with Gasteiger partial charge in [-0.2, -0.15) is 3.96 Å². The van der Waals surface area contributed by atoms with Crippen molar-refractivity contribution in [2.45, 2.75) is 6.54 Å². The zero-order valence-electron chi connectivity index (χ0n) is 12.8. The van der Waals surface area contributed by atoms with Crippen LogP contribution in [0.3, 0.4) is 0 Å². The van der Waals surface area contributed by atoms with Gasteiger partial charge < -0.3 is 15.8 Å². The van der Waals surface area contributed by atoms with Gasteiger partial charge in [0.15, 0.2) is 0 Å². The molecule has 0 aliphatic rings. The molecular weight excluding hydrogens is 328 g/mol. The zero-order chi connectivity index (χ0) is 16.9. The lowest BCUT2D eigenvalue weighted by Crippen LogP contribution is -2.32. The molecule has 124 valence electrons. The van der Waals surface area contributed by atoms with Crippen LogP contribution in [0.25, 0.3) is 10.2 Å². The number of ether oxygens (including phenoxy) is 1. The fraction of sp³-hybridized carbons (Fsp3) is 0.188. The van der Waals surface area contributed by atoms with Crippen LogP contribution in [0, 0.1) is 0 Å². The summed E-state index contributed by atoms with van der Waals surface area (Å²) in [6.45, 7) is 1.22. The maximum atomic E-state index is 12.2. The first-order valence-corrected chi connectivity index (χ1v) is 8.13. The lowest BCUT2D eigenvalue weighted by Gasteiger charge is -2.07. The predicted molar refractivity (Wildman–Crippen MR) is 92.5 cm³/mol. The molecule has 24 heavy (non-hydrogen) atoms. The van der Waals surface area contributed by atoms with E-state index in [1.165, 1.54) is 0 Å². The highest BCUT2D eigenvalue weighted by atomic mass is 32.1. The van der Waals surface area contributed by atoms with Crippen molar-refractivity contribution in [2.75, 3.05) is 13.2 Å². The van der Waals surface area contributed by atoms with E-state index < -0.39 is 6.03 Å². The average Bonchev–Trinajstić information content (AvgIpc) is 2.96. The van der Waals surface area contributed by atoms with Crippen LogP contribution >= 0.6 is 11.5 Å². The maximum Gasteiger partial charge on any atom is 0.338 e. The van der Waals surface area contributed by atoms with Crippen LogP contribution in [0.5, 0.6) is 5.75 Å². The van der Waals surface area contributed by atoms with Crippen LogP contribution in [0.1, 0.15) is 5.56 Å². The van der Waals surface area contributed by atoms with Crippen molar-refractivity contribution in [3.05, 3.63) is 58.5 Å². The second-order valence-electron chi connectivity index (χ2n) is 4.99. The molecule has 8 heteroatoms. The molecule has 0 saturated heterocycles. The van der Waals surface area contributed by atoms with Gasteiger partial charge in [-0.15, -0.1) is 0 Å². The van der Waals surface area contributed by atoms with Crippen molar-refractivity contribution in [1.82, 2.24) is 14.3 Å². The van der Waals surface area contributed by atoms with Gasteiger partial charge in [0.05, 0.1) is 5.39 Å². The number of nitrogens with one attached hydrogen (secondary N) is 1. The SMILES string of the molecule is NCCOc1ccc(CNC(=O)n2sc3ncccc3c2=O)cc1. The first-order valence-electron chi connectivity index (χ1n) is 7.36. The van der Waals surface area contributed by atoms with Crippen LogP contribution in [-0.2, 0) is 6.54 Å². The van der Waals surface area contributed by atoms with E-state index in [1.807, 2.05) is 24.3 Å². The van der Waals surface area contributed by atoms with E-state index in [4.69, 9.17) is 10.5 Å².